The molecule has 1 aliphatic carbocycles. The lowest BCUT2D eigenvalue weighted by Gasteiger charge is -2.16. The number of fused-ring (bicyclic) bond motifs is 2. The number of ketones is 2. The molecule has 0 saturated carbocycles. The lowest BCUT2D eigenvalue weighted by Crippen LogP contribution is -2.20. The molecule has 0 unspecified atom stereocenters. The molecule has 0 aliphatic heterocycles. The predicted octanol–water partition coefficient (Wildman–Crippen LogP) is 3.32. The molecule has 0 aromatic heterocycles. The summed E-state index contributed by atoms with van der Waals surface area (Å²) >= 11 is 0. The first-order valence-corrected chi connectivity index (χ1v) is 7.06. The van der Waals surface area contributed by atoms with Crippen molar-refractivity contribution in [1.29, 1.82) is 0 Å². The maximum Gasteiger partial charge on any atom is 0.194 e. The summed E-state index contributed by atoms with van der Waals surface area (Å²) in [6.45, 7) is 0. The molecule has 0 bridgehead atoms. The van der Waals surface area contributed by atoms with Gasteiger partial charge >= 0.3 is 0 Å². The second-order valence-electron chi connectivity index (χ2n) is 4.90. The molecule has 0 radical (unpaired) electrons. The number of hydrogen-bond donors (Lipinski definition) is 0. The Balaban J connectivity index is 0.000000234. The fourth-order valence-corrected chi connectivity index (χ4v) is 2.43. The van der Waals surface area contributed by atoms with Gasteiger partial charge in [-0.1, -0.05) is 84.9 Å². The van der Waals surface area contributed by atoms with E-state index in [-0.39, 0.29) is 17.0 Å². The van der Waals surface area contributed by atoms with E-state index in [0.29, 0.717) is 22.3 Å². The first kappa shape index (κ1) is 16.3. The Kier molecular flexibility index (Phi) is 5.18. The van der Waals surface area contributed by atoms with E-state index in [2.05, 4.69) is 0 Å². The van der Waals surface area contributed by atoms with Gasteiger partial charge in [0.1, 0.15) is 0 Å². The van der Waals surface area contributed by atoms with Crippen LogP contribution in [-0.4, -0.2) is 17.0 Å². The van der Waals surface area contributed by atoms with Gasteiger partial charge in [0.2, 0.25) is 0 Å². The lowest BCUT2D eigenvalue weighted by molar-refractivity contribution is 0.0979. The monoisotopic (exact) mass is 304 g/mol. The van der Waals surface area contributed by atoms with E-state index in [9.17, 15) is 9.59 Å². The van der Waals surface area contributed by atoms with Crippen LogP contribution in [0.3, 0.4) is 0 Å². The zero-order chi connectivity index (χ0) is 15.4. The normalized spacial score (nSPS) is 11.3. The van der Waals surface area contributed by atoms with Crippen molar-refractivity contribution in [1.82, 2.24) is 0 Å². The smallest absolute Gasteiger partial charge is 0.194 e. The topological polar surface area (TPSA) is 65.6 Å². The van der Waals surface area contributed by atoms with Crippen LogP contribution in [0.15, 0.2) is 84.9 Å². The molecule has 3 aromatic carbocycles. The van der Waals surface area contributed by atoms with Crippen molar-refractivity contribution >= 4 is 11.6 Å². The van der Waals surface area contributed by atoms with Crippen LogP contribution in [0, 0.1) is 0 Å². The average molecular weight is 304 g/mol. The van der Waals surface area contributed by atoms with Crippen molar-refractivity contribution in [3.05, 3.63) is 107 Å². The molecule has 3 aromatic rings. The molecule has 0 spiro atoms. The Morgan fingerprint density at radius 3 is 0.826 bits per heavy atom. The van der Waals surface area contributed by atoms with E-state index in [0.717, 1.165) is 0 Å². The fourth-order valence-electron chi connectivity index (χ4n) is 2.43. The number of carbonyl (C=O) groups is 2. The highest BCUT2D eigenvalue weighted by molar-refractivity contribution is 6.28. The van der Waals surface area contributed by atoms with E-state index in [1.54, 1.807) is 48.5 Å². The minimum Gasteiger partial charge on any atom is -0.412 e. The second-order valence-corrected chi connectivity index (χ2v) is 4.90. The van der Waals surface area contributed by atoms with Gasteiger partial charge in [0, 0.05) is 22.3 Å². The summed E-state index contributed by atoms with van der Waals surface area (Å²) < 4.78 is 0. The van der Waals surface area contributed by atoms with E-state index in [4.69, 9.17) is 0 Å². The van der Waals surface area contributed by atoms with E-state index in [1.165, 1.54) is 0 Å². The third-order valence-electron chi connectivity index (χ3n) is 3.50. The molecule has 2 N–H and O–H groups in total. The second kappa shape index (κ2) is 7.29. The highest BCUT2D eigenvalue weighted by atomic mass is 16.1. The summed E-state index contributed by atoms with van der Waals surface area (Å²) in [5.74, 6) is -0.128. The van der Waals surface area contributed by atoms with Crippen LogP contribution >= 0.6 is 0 Å². The largest absolute Gasteiger partial charge is 0.412 e. The molecule has 0 amide bonds. The van der Waals surface area contributed by atoms with Gasteiger partial charge in [-0.3, -0.25) is 9.59 Å². The number of carbonyl (C=O) groups excluding carboxylic acids is 2. The molecular weight excluding hydrogens is 288 g/mol. The van der Waals surface area contributed by atoms with Crippen LogP contribution in [-0.2, 0) is 0 Å². The lowest BCUT2D eigenvalue weighted by atomic mass is 9.84. The molecule has 23 heavy (non-hydrogen) atoms. The highest BCUT2D eigenvalue weighted by Gasteiger charge is 2.28. The third-order valence-corrected chi connectivity index (χ3v) is 3.50. The van der Waals surface area contributed by atoms with Gasteiger partial charge in [-0.15, -0.1) is 0 Å². The van der Waals surface area contributed by atoms with Crippen molar-refractivity contribution in [3.8, 4) is 0 Å². The van der Waals surface area contributed by atoms with Crippen molar-refractivity contribution in [2.75, 3.05) is 0 Å². The summed E-state index contributed by atoms with van der Waals surface area (Å²) in [6, 6.07) is 25.9. The first-order valence-electron chi connectivity index (χ1n) is 7.06. The maximum atomic E-state index is 12.1. The van der Waals surface area contributed by atoms with Crippen LogP contribution in [0.2, 0.25) is 0 Å². The Labute approximate surface area is 134 Å². The van der Waals surface area contributed by atoms with Gasteiger partial charge in [0.05, 0.1) is 0 Å². The van der Waals surface area contributed by atoms with E-state index < -0.39 is 0 Å². The average Bonchev–Trinajstić information content (AvgIpc) is 2.62. The molecule has 4 rings (SSSR count). The van der Waals surface area contributed by atoms with Crippen molar-refractivity contribution < 1.29 is 15.1 Å². The van der Waals surface area contributed by atoms with Crippen LogP contribution < -0.4 is 0 Å². The quantitative estimate of drug-likeness (QED) is 0.500. The summed E-state index contributed by atoms with van der Waals surface area (Å²) in [5, 5.41) is 0. The Bertz CT molecular complexity index is 691. The molecule has 3 heteroatoms. The number of rotatable bonds is 0. The Hall–Kier alpha value is -3.04. The molecule has 0 heterocycles. The van der Waals surface area contributed by atoms with Gasteiger partial charge in [0.15, 0.2) is 11.6 Å². The van der Waals surface area contributed by atoms with Crippen molar-refractivity contribution in [3.63, 3.8) is 0 Å². The SMILES string of the molecule is O.O=C1c2ccccc2C(=O)c2ccccc21.c1ccccc1. The van der Waals surface area contributed by atoms with Gasteiger partial charge < -0.3 is 5.48 Å². The van der Waals surface area contributed by atoms with Gasteiger partial charge in [-0.25, -0.2) is 0 Å². The zero-order valence-corrected chi connectivity index (χ0v) is 12.4. The Morgan fingerprint density at radius 1 is 0.391 bits per heavy atom. The molecule has 0 atom stereocenters. The minimum absolute atomic E-state index is 0. The van der Waals surface area contributed by atoms with Crippen LogP contribution in [0.5, 0.6) is 0 Å². The van der Waals surface area contributed by atoms with Crippen LogP contribution in [0.25, 0.3) is 0 Å². The maximum absolute atomic E-state index is 12.1. The predicted molar refractivity (Wildman–Crippen MR) is 89.8 cm³/mol. The van der Waals surface area contributed by atoms with Gasteiger partial charge in [-0.05, 0) is 0 Å². The van der Waals surface area contributed by atoms with Crippen molar-refractivity contribution in [2.24, 2.45) is 0 Å². The Morgan fingerprint density at radius 2 is 0.609 bits per heavy atom. The van der Waals surface area contributed by atoms with Crippen LogP contribution in [0.4, 0.5) is 0 Å². The molecule has 3 nitrogen and oxygen atoms in total. The molecule has 1 aliphatic rings. The number of hydrogen-bond acceptors (Lipinski definition) is 2. The third kappa shape index (κ3) is 3.25. The molecule has 0 fully saturated rings. The highest BCUT2D eigenvalue weighted by Crippen LogP contribution is 2.26. The van der Waals surface area contributed by atoms with Crippen molar-refractivity contribution in [2.45, 2.75) is 0 Å². The molecule has 114 valence electrons. The standard InChI is InChI=1S/C14H8O2.C6H6.H2O/c15-13-9-5-1-2-6-10(9)14(16)12-8-4-3-7-11(12)13;1-2-4-6-5-3-1;/h1-8H;1-6H;1H2. The summed E-state index contributed by atoms with van der Waals surface area (Å²) in [6.07, 6.45) is 0. The van der Waals surface area contributed by atoms with Gasteiger partial charge in [-0.2, -0.15) is 0 Å². The fraction of sp³-hybridized carbons (Fsp3) is 0. The van der Waals surface area contributed by atoms with E-state index in [1.807, 2.05) is 36.4 Å². The van der Waals surface area contributed by atoms with Crippen LogP contribution in [0.1, 0.15) is 31.8 Å². The first-order chi connectivity index (χ1) is 10.8. The van der Waals surface area contributed by atoms with E-state index >= 15 is 0 Å². The van der Waals surface area contributed by atoms with Gasteiger partial charge in [0.25, 0.3) is 0 Å². The number of benzene rings is 3. The summed E-state index contributed by atoms with van der Waals surface area (Å²) in [4.78, 5) is 24.2. The zero-order valence-electron chi connectivity index (χ0n) is 12.4. The summed E-state index contributed by atoms with van der Waals surface area (Å²) in [5.41, 5.74) is 2.02. The molecule has 0 saturated heterocycles. The summed E-state index contributed by atoms with van der Waals surface area (Å²) in [7, 11) is 0. The molecular formula is C20H16O3. The minimum atomic E-state index is -0.0641.